The maximum absolute atomic E-state index is 13.4. The summed E-state index contributed by atoms with van der Waals surface area (Å²) in [5, 5.41) is 0. The van der Waals surface area contributed by atoms with Crippen LogP contribution in [0.1, 0.15) is 56.5 Å². The smallest absolute Gasteiger partial charge is 0.241 e. The Kier molecular flexibility index (Phi) is 5.69. The van der Waals surface area contributed by atoms with Crippen LogP contribution in [0, 0.1) is 0 Å². The molecule has 28 heavy (non-hydrogen) atoms. The molecule has 1 aromatic carbocycles. The predicted octanol–water partition coefficient (Wildman–Crippen LogP) is 3.18. The van der Waals surface area contributed by atoms with Crippen LogP contribution >= 0.6 is 0 Å². The van der Waals surface area contributed by atoms with Gasteiger partial charge in [-0.3, -0.25) is 4.79 Å². The fourth-order valence-corrected chi connectivity index (χ4v) is 4.48. The van der Waals surface area contributed by atoms with Gasteiger partial charge < -0.3 is 14.2 Å². The third kappa shape index (κ3) is 3.54. The van der Waals surface area contributed by atoms with Crippen LogP contribution in [0.5, 0.6) is 5.75 Å². The molecular weight excluding hydrogens is 352 g/mol. The number of ether oxygens (including phenoxy) is 1. The molecule has 0 aliphatic carbocycles. The highest BCUT2D eigenvalue weighted by atomic mass is 16.5. The summed E-state index contributed by atoms with van der Waals surface area (Å²) >= 11 is 0. The highest BCUT2D eigenvalue weighted by molar-refractivity contribution is 5.83. The van der Waals surface area contributed by atoms with Gasteiger partial charge in [-0.2, -0.15) is 0 Å². The van der Waals surface area contributed by atoms with Crippen molar-refractivity contribution in [3.05, 3.63) is 53.9 Å². The number of nitrogens with zero attached hydrogens (tertiary/aromatic N) is 2. The highest BCUT2D eigenvalue weighted by Gasteiger charge is 2.38. The Morgan fingerprint density at radius 1 is 1.14 bits per heavy atom. The van der Waals surface area contributed by atoms with Crippen LogP contribution in [0.15, 0.2) is 42.6 Å². The van der Waals surface area contributed by atoms with Crippen molar-refractivity contribution in [2.75, 3.05) is 13.2 Å². The second kappa shape index (κ2) is 8.37. The van der Waals surface area contributed by atoms with E-state index < -0.39 is 0 Å². The topological polar surface area (TPSA) is 58.5 Å². The summed E-state index contributed by atoms with van der Waals surface area (Å²) in [6.45, 7) is 6.43. The second-order valence-electron chi connectivity index (χ2n) is 7.56. The molecule has 1 amide bonds. The number of amides is 1. The number of hydrogen-bond donors (Lipinski definition) is 2. The molecular formula is C22H30N4O2. The lowest BCUT2D eigenvalue weighted by Crippen LogP contribution is -2.50. The number of benzene rings is 1. The maximum atomic E-state index is 13.4. The molecule has 3 atom stereocenters. The molecule has 0 bridgehead atoms. The summed E-state index contributed by atoms with van der Waals surface area (Å²) < 4.78 is 8.06. The largest absolute Gasteiger partial charge is 0.494 e. The van der Waals surface area contributed by atoms with Crippen molar-refractivity contribution in [3.63, 3.8) is 0 Å². The molecule has 3 unspecified atom stereocenters. The number of aromatic nitrogens is 1. The number of nitrogens with one attached hydrogen (secondary N) is 2. The van der Waals surface area contributed by atoms with Crippen LogP contribution in [0.3, 0.4) is 0 Å². The van der Waals surface area contributed by atoms with Crippen LogP contribution in [0.25, 0.3) is 0 Å². The molecule has 6 nitrogen and oxygen atoms in total. The Balaban J connectivity index is 1.49. The average Bonchev–Trinajstić information content (AvgIpc) is 3.38. The van der Waals surface area contributed by atoms with Crippen molar-refractivity contribution in [2.45, 2.75) is 57.8 Å². The van der Waals surface area contributed by atoms with Crippen LogP contribution in [0.4, 0.5) is 0 Å². The summed E-state index contributed by atoms with van der Waals surface area (Å²) in [4.78, 5) is 15.5. The van der Waals surface area contributed by atoms with Gasteiger partial charge in [-0.05, 0) is 38.0 Å². The summed E-state index contributed by atoms with van der Waals surface area (Å²) in [5.74, 6) is 1.08. The van der Waals surface area contributed by atoms with E-state index in [1.54, 1.807) is 0 Å². The van der Waals surface area contributed by atoms with Gasteiger partial charge in [-0.1, -0.05) is 31.5 Å². The van der Waals surface area contributed by atoms with E-state index in [9.17, 15) is 4.79 Å². The number of carbonyl (C=O) groups excluding carboxylic acids is 1. The first kappa shape index (κ1) is 19.0. The van der Waals surface area contributed by atoms with Gasteiger partial charge >= 0.3 is 0 Å². The Morgan fingerprint density at radius 2 is 2.00 bits per heavy atom. The number of rotatable bonds is 6. The van der Waals surface area contributed by atoms with Gasteiger partial charge in [0.05, 0.1) is 18.7 Å². The van der Waals surface area contributed by atoms with E-state index in [-0.39, 0.29) is 24.0 Å². The molecule has 150 valence electrons. The van der Waals surface area contributed by atoms with Crippen LogP contribution in [-0.2, 0) is 11.3 Å². The third-order valence-corrected chi connectivity index (χ3v) is 5.80. The number of hydrogen-bond acceptors (Lipinski definition) is 4. The van der Waals surface area contributed by atoms with Crippen LogP contribution in [0.2, 0.25) is 0 Å². The van der Waals surface area contributed by atoms with Gasteiger partial charge in [0, 0.05) is 30.5 Å². The molecule has 2 aromatic rings. The number of hydrazine groups is 1. The summed E-state index contributed by atoms with van der Waals surface area (Å²) in [6.07, 6.45) is 4.89. The lowest BCUT2D eigenvalue weighted by molar-refractivity contribution is -0.137. The first-order valence-corrected chi connectivity index (χ1v) is 10.4. The molecule has 6 heteroatoms. The fraction of sp³-hybridized carbons (Fsp3) is 0.500. The highest BCUT2D eigenvalue weighted by Crippen LogP contribution is 2.34. The fourth-order valence-electron chi connectivity index (χ4n) is 4.48. The molecule has 2 N–H and O–H groups in total. The Labute approximate surface area is 166 Å². The van der Waals surface area contributed by atoms with Gasteiger partial charge in [0.25, 0.3) is 0 Å². The van der Waals surface area contributed by atoms with Gasteiger partial charge in [0.1, 0.15) is 11.8 Å². The van der Waals surface area contributed by atoms with Crippen LogP contribution in [-0.4, -0.2) is 34.6 Å². The molecule has 3 heterocycles. The quantitative estimate of drug-likeness (QED) is 0.806. The second-order valence-corrected chi connectivity index (χ2v) is 7.56. The Bertz CT molecular complexity index is 818. The van der Waals surface area contributed by atoms with E-state index >= 15 is 0 Å². The lowest BCUT2D eigenvalue weighted by atomic mass is 9.98. The lowest BCUT2D eigenvalue weighted by Gasteiger charge is -2.38. The number of fused-ring (bicyclic) bond motifs is 1. The number of carbonyl (C=O) groups is 1. The number of para-hydroxylation sites is 1. The van der Waals surface area contributed by atoms with E-state index in [4.69, 9.17) is 4.74 Å². The molecule has 2 aliphatic rings. The van der Waals surface area contributed by atoms with Gasteiger partial charge in [-0.15, -0.1) is 0 Å². The van der Waals surface area contributed by atoms with Crippen molar-refractivity contribution < 1.29 is 9.53 Å². The zero-order chi connectivity index (χ0) is 19.5. The summed E-state index contributed by atoms with van der Waals surface area (Å²) in [6, 6.07) is 12.3. The standard InChI is InChI=1S/C22H30N4O2/c1-3-8-20-19-10-7-12-25(19)13-14-26(20)22(27)18-15-17(23-24-18)16-9-5-6-11-21(16)28-4-2/h5-7,9-12,17-18,20,23-24H,3-4,8,13-15H2,1-2H3. The minimum Gasteiger partial charge on any atom is -0.494 e. The van der Waals surface area contributed by atoms with E-state index in [0.29, 0.717) is 6.61 Å². The minimum atomic E-state index is -0.222. The minimum absolute atomic E-state index is 0.0648. The van der Waals surface area contributed by atoms with Crippen molar-refractivity contribution in [1.82, 2.24) is 20.3 Å². The Hall–Kier alpha value is -2.31. The summed E-state index contributed by atoms with van der Waals surface area (Å²) in [5.41, 5.74) is 8.93. The molecule has 0 spiro atoms. The van der Waals surface area contributed by atoms with Crippen molar-refractivity contribution >= 4 is 5.91 Å². The molecule has 1 fully saturated rings. The molecule has 0 radical (unpaired) electrons. The first-order valence-electron chi connectivity index (χ1n) is 10.4. The Morgan fingerprint density at radius 3 is 2.82 bits per heavy atom. The molecule has 4 rings (SSSR count). The van der Waals surface area contributed by atoms with Crippen molar-refractivity contribution in [2.24, 2.45) is 0 Å². The zero-order valence-corrected chi connectivity index (χ0v) is 16.7. The van der Waals surface area contributed by atoms with Gasteiger partial charge in [0.15, 0.2) is 0 Å². The predicted molar refractivity (Wildman–Crippen MR) is 109 cm³/mol. The first-order chi connectivity index (χ1) is 13.7. The van der Waals surface area contributed by atoms with Gasteiger partial charge in [-0.25, -0.2) is 10.9 Å². The molecule has 0 saturated carbocycles. The van der Waals surface area contributed by atoms with Crippen molar-refractivity contribution in [3.8, 4) is 5.75 Å². The maximum Gasteiger partial charge on any atom is 0.241 e. The van der Waals surface area contributed by atoms with E-state index in [1.807, 2.05) is 25.1 Å². The SMILES string of the molecule is CCCC1c2cccn2CCN1C(=O)C1CC(c2ccccc2OCC)NN1. The molecule has 1 saturated heterocycles. The third-order valence-electron chi connectivity index (χ3n) is 5.80. The van der Waals surface area contributed by atoms with E-state index in [1.165, 1.54) is 5.69 Å². The van der Waals surface area contributed by atoms with Crippen LogP contribution < -0.4 is 15.6 Å². The summed E-state index contributed by atoms with van der Waals surface area (Å²) in [7, 11) is 0. The van der Waals surface area contributed by atoms with E-state index in [2.05, 4.69) is 51.6 Å². The van der Waals surface area contributed by atoms with E-state index in [0.717, 1.165) is 43.7 Å². The monoisotopic (exact) mass is 382 g/mol. The molecule has 1 aromatic heterocycles. The van der Waals surface area contributed by atoms with Gasteiger partial charge in [0.2, 0.25) is 5.91 Å². The average molecular weight is 383 g/mol. The van der Waals surface area contributed by atoms with Crippen molar-refractivity contribution in [1.29, 1.82) is 0 Å². The molecule has 2 aliphatic heterocycles. The normalized spacial score (nSPS) is 24.2. The zero-order valence-electron chi connectivity index (χ0n) is 16.7.